The molecule has 1 aromatic carbocycles. The number of alkyl halides is 2. The summed E-state index contributed by atoms with van der Waals surface area (Å²) in [7, 11) is 0. The first kappa shape index (κ1) is 8.87. The van der Waals surface area contributed by atoms with Crippen LogP contribution in [0.5, 0.6) is 5.75 Å². The highest BCUT2D eigenvalue weighted by Gasteiger charge is 2.14. The van der Waals surface area contributed by atoms with Gasteiger partial charge in [0.1, 0.15) is 5.75 Å². The summed E-state index contributed by atoms with van der Waals surface area (Å²) in [4.78, 5) is 3.89. The minimum Gasteiger partial charge on any atom is -0.507 e. The van der Waals surface area contributed by atoms with Crippen LogP contribution >= 0.6 is 0 Å². The Labute approximate surface area is 78.8 Å². The number of nitrogens with zero attached hydrogens (tertiary/aromatic N) is 1. The lowest BCUT2D eigenvalue weighted by molar-refractivity contribution is 0.153. The van der Waals surface area contributed by atoms with E-state index in [1.165, 1.54) is 18.3 Å². The molecule has 0 bridgehead atoms. The molecule has 72 valence electrons. The fraction of sp³-hybridized carbons (Fsp3) is 0.100. The van der Waals surface area contributed by atoms with Gasteiger partial charge in [-0.25, -0.2) is 8.78 Å². The van der Waals surface area contributed by atoms with Gasteiger partial charge in [-0.15, -0.1) is 0 Å². The monoisotopic (exact) mass is 195 g/mol. The van der Waals surface area contributed by atoms with Crippen LogP contribution in [-0.2, 0) is 0 Å². The van der Waals surface area contributed by atoms with Gasteiger partial charge in [-0.3, -0.25) is 4.98 Å². The third-order valence-electron chi connectivity index (χ3n) is 2.01. The molecule has 0 aliphatic carbocycles. The first-order valence-electron chi connectivity index (χ1n) is 4.05. The highest BCUT2D eigenvalue weighted by Crippen LogP contribution is 2.32. The maximum absolute atomic E-state index is 12.5. The van der Waals surface area contributed by atoms with Crippen LogP contribution in [0.4, 0.5) is 8.78 Å². The summed E-state index contributed by atoms with van der Waals surface area (Å²) in [6.45, 7) is 0. The van der Waals surface area contributed by atoms with Gasteiger partial charge in [0.15, 0.2) is 0 Å². The van der Waals surface area contributed by atoms with E-state index in [9.17, 15) is 13.9 Å². The van der Waals surface area contributed by atoms with Crippen molar-refractivity contribution in [1.29, 1.82) is 0 Å². The summed E-state index contributed by atoms with van der Waals surface area (Å²) in [6, 6.07) is 5.74. The van der Waals surface area contributed by atoms with Crippen LogP contribution < -0.4 is 0 Å². The molecule has 0 aliphatic heterocycles. The Morgan fingerprint density at radius 2 is 2.00 bits per heavy atom. The predicted octanol–water partition coefficient (Wildman–Crippen LogP) is 2.88. The Bertz CT molecular complexity index is 465. The van der Waals surface area contributed by atoms with Crippen LogP contribution in [0.15, 0.2) is 30.5 Å². The Balaban J connectivity index is 2.84. The SMILES string of the molecule is Oc1cccc2nccc(C(F)F)c12. The number of rotatable bonds is 1. The number of hydrogen-bond acceptors (Lipinski definition) is 2. The van der Waals surface area contributed by atoms with Crippen molar-refractivity contribution in [3.05, 3.63) is 36.0 Å². The van der Waals surface area contributed by atoms with E-state index in [2.05, 4.69) is 4.98 Å². The van der Waals surface area contributed by atoms with Crippen molar-refractivity contribution < 1.29 is 13.9 Å². The second kappa shape index (κ2) is 3.21. The molecule has 1 heterocycles. The van der Waals surface area contributed by atoms with Crippen LogP contribution in [-0.4, -0.2) is 10.1 Å². The predicted molar refractivity (Wildman–Crippen MR) is 48.4 cm³/mol. The number of hydrogen-bond donors (Lipinski definition) is 1. The van der Waals surface area contributed by atoms with E-state index >= 15 is 0 Å². The van der Waals surface area contributed by atoms with E-state index in [0.29, 0.717) is 5.52 Å². The van der Waals surface area contributed by atoms with Crippen LogP contribution in [0.2, 0.25) is 0 Å². The lowest BCUT2D eigenvalue weighted by atomic mass is 10.1. The van der Waals surface area contributed by atoms with Crippen LogP contribution in [0.25, 0.3) is 10.9 Å². The Morgan fingerprint density at radius 1 is 1.21 bits per heavy atom. The zero-order chi connectivity index (χ0) is 10.1. The number of fused-ring (bicyclic) bond motifs is 1. The molecule has 2 nitrogen and oxygen atoms in total. The van der Waals surface area contributed by atoms with E-state index in [0.717, 1.165) is 0 Å². The van der Waals surface area contributed by atoms with E-state index in [1.807, 2.05) is 0 Å². The van der Waals surface area contributed by atoms with Crippen LogP contribution in [0, 0.1) is 0 Å². The molecule has 2 rings (SSSR count). The highest BCUT2D eigenvalue weighted by molar-refractivity contribution is 5.88. The Morgan fingerprint density at radius 3 is 2.71 bits per heavy atom. The molecule has 0 unspecified atom stereocenters. The summed E-state index contributed by atoms with van der Waals surface area (Å²) in [5.41, 5.74) is 0.191. The number of benzene rings is 1. The molecule has 0 radical (unpaired) electrons. The highest BCUT2D eigenvalue weighted by atomic mass is 19.3. The van der Waals surface area contributed by atoms with Gasteiger partial charge < -0.3 is 5.11 Å². The molecule has 2 aromatic rings. The van der Waals surface area contributed by atoms with Crippen molar-refractivity contribution in [3.8, 4) is 5.75 Å². The topological polar surface area (TPSA) is 33.1 Å². The molecule has 0 fully saturated rings. The fourth-order valence-corrected chi connectivity index (χ4v) is 1.39. The van der Waals surface area contributed by atoms with Crippen molar-refractivity contribution in [2.24, 2.45) is 0 Å². The van der Waals surface area contributed by atoms with Crippen LogP contribution in [0.1, 0.15) is 12.0 Å². The third kappa shape index (κ3) is 1.28. The van der Waals surface area contributed by atoms with Gasteiger partial charge >= 0.3 is 0 Å². The van der Waals surface area contributed by atoms with Gasteiger partial charge in [0.25, 0.3) is 6.43 Å². The van der Waals surface area contributed by atoms with Crippen molar-refractivity contribution in [1.82, 2.24) is 4.98 Å². The molecule has 0 aliphatic rings. The maximum atomic E-state index is 12.5. The van der Waals surface area contributed by atoms with Crippen molar-refractivity contribution >= 4 is 10.9 Å². The van der Waals surface area contributed by atoms with Gasteiger partial charge in [-0.05, 0) is 18.2 Å². The summed E-state index contributed by atoms with van der Waals surface area (Å²) in [5, 5.41) is 9.56. The Kier molecular flexibility index (Phi) is 2.04. The lowest BCUT2D eigenvalue weighted by Crippen LogP contribution is -1.89. The van der Waals surface area contributed by atoms with Gasteiger partial charge in [0.05, 0.1) is 10.9 Å². The molecular weight excluding hydrogens is 188 g/mol. The number of aromatic hydroxyl groups is 1. The Hall–Kier alpha value is -1.71. The molecule has 0 saturated carbocycles. The summed E-state index contributed by atoms with van der Waals surface area (Å²) in [5.74, 6) is -0.161. The quantitative estimate of drug-likeness (QED) is 0.758. The standard InChI is InChI=1S/C10H7F2NO/c11-10(12)6-4-5-13-7-2-1-3-8(14)9(6)7/h1-5,10,14H. The molecular formula is C10H7F2NO. The van der Waals surface area contributed by atoms with E-state index in [-0.39, 0.29) is 16.7 Å². The van der Waals surface area contributed by atoms with Crippen molar-refractivity contribution in [3.63, 3.8) is 0 Å². The molecule has 14 heavy (non-hydrogen) atoms. The van der Waals surface area contributed by atoms with Gasteiger partial charge in [0.2, 0.25) is 0 Å². The van der Waals surface area contributed by atoms with Crippen LogP contribution in [0.3, 0.4) is 0 Å². The summed E-state index contributed by atoms with van der Waals surface area (Å²) < 4.78 is 25.1. The molecule has 1 aromatic heterocycles. The molecule has 0 amide bonds. The van der Waals surface area contributed by atoms with Crippen molar-refractivity contribution in [2.75, 3.05) is 0 Å². The van der Waals surface area contributed by atoms with E-state index < -0.39 is 6.43 Å². The smallest absolute Gasteiger partial charge is 0.264 e. The molecule has 0 atom stereocenters. The molecule has 4 heteroatoms. The minimum absolute atomic E-state index is 0.130. The number of pyridine rings is 1. The molecule has 0 spiro atoms. The fourth-order valence-electron chi connectivity index (χ4n) is 1.39. The normalized spacial score (nSPS) is 11.1. The number of aromatic nitrogens is 1. The minimum atomic E-state index is -2.60. The summed E-state index contributed by atoms with van der Waals surface area (Å²) >= 11 is 0. The number of phenolic OH excluding ortho intramolecular Hbond substituents is 1. The average Bonchev–Trinajstić information content (AvgIpc) is 2.17. The van der Waals surface area contributed by atoms with Gasteiger partial charge in [0, 0.05) is 11.8 Å². The lowest BCUT2D eigenvalue weighted by Gasteiger charge is -2.05. The molecule has 0 saturated heterocycles. The van der Waals surface area contributed by atoms with Gasteiger partial charge in [-0.2, -0.15) is 0 Å². The largest absolute Gasteiger partial charge is 0.507 e. The maximum Gasteiger partial charge on any atom is 0.264 e. The second-order valence-corrected chi connectivity index (χ2v) is 2.87. The zero-order valence-corrected chi connectivity index (χ0v) is 7.11. The first-order chi connectivity index (χ1) is 6.70. The number of phenols is 1. The van der Waals surface area contributed by atoms with Gasteiger partial charge in [-0.1, -0.05) is 6.07 Å². The third-order valence-corrected chi connectivity index (χ3v) is 2.01. The first-order valence-corrected chi connectivity index (χ1v) is 4.05. The zero-order valence-electron chi connectivity index (χ0n) is 7.11. The summed E-state index contributed by atoms with van der Waals surface area (Å²) in [6.07, 6.45) is -1.29. The van der Waals surface area contributed by atoms with E-state index in [4.69, 9.17) is 0 Å². The second-order valence-electron chi connectivity index (χ2n) is 2.87. The number of halogens is 2. The van der Waals surface area contributed by atoms with Crippen molar-refractivity contribution in [2.45, 2.75) is 6.43 Å². The molecule has 1 N–H and O–H groups in total. The van der Waals surface area contributed by atoms with E-state index in [1.54, 1.807) is 12.1 Å². The average molecular weight is 195 g/mol.